The molecule has 7 heteroatoms. The van der Waals surface area contributed by atoms with E-state index in [0.717, 1.165) is 84.6 Å². The van der Waals surface area contributed by atoms with Gasteiger partial charge < -0.3 is 20.9 Å². The van der Waals surface area contributed by atoms with Crippen LogP contribution in [-0.2, 0) is 11.3 Å². The number of amides is 2. The lowest BCUT2D eigenvalue weighted by atomic mass is 9.90. The maximum atomic E-state index is 13.6. The monoisotopic (exact) mass is 570 g/mol. The van der Waals surface area contributed by atoms with Crippen molar-refractivity contribution in [3.8, 4) is 11.1 Å². The SMILES string of the molecule is NC1CCC(N(Cc2cccc(-c3ccc(N4CCCCCC4)c(NC(=O)C4CC4)c3)c2)C(=O)c2cccs2)CC1. The van der Waals surface area contributed by atoms with E-state index in [1.54, 1.807) is 0 Å². The molecule has 2 aliphatic carbocycles. The molecule has 2 aromatic carbocycles. The summed E-state index contributed by atoms with van der Waals surface area (Å²) in [6.45, 7) is 2.63. The van der Waals surface area contributed by atoms with E-state index in [2.05, 4.69) is 57.6 Å². The molecule has 0 bridgehead atoms. The van der Waals surface area contributed by atoms with Crippen molar-refractivity contribution in [2.75, 3.05) is 23.3 Å². The zero-order valence-corrected chi connectivity index (χ0v) is 24.7. The zero-order valence-electron chi connectivity index (χ0n) is 23.9. The highest BCUT2D eigenvalue weighted by molar-refractivity contribution is 7.12. The summed E-state index contributed by atoms with van der Waals surface area (Å²) in [5.41, 5.74) is 11.5. The second-order valence-electron chi connectivity index (χ2n) is 12.1. The summed E-state index contributed by atoms with van der Waals surface area (Å²) in [5.74, 6) is 0.403. The number of anilines is 2. The number of carbonyl (C=O) groups excluding carboxylic acids is 2. The van der Waals surface area contributed by atoms with Crippen LogP contribution in [0.1, 0.15) is 79.4 Å². The van der Waals surface area contributed by atoms with E-state index in [1.807, 2.05) is 17.5 Å². The number of carbonyl (C=O) groups is 2. The molecule has 3 fully saturated rings. The van der Waals surface area contributed by atoms with E-state index in [1.165, 1.54) is 37.0 Å². The predicted molar refractivity (Wildman–Crippen MR) is 168 cm³/mol. The molecule has 1 saturated heterocycles. The van der Waals surface area contributed by atoms with Gasteiger partial charge in [0.2, 0.25) is 5.91 Å². The summed E-state index contributed by atoms with van der Waals surface area (Å²) >= 11 is 1.51. The Kier molecular flexibility index (Phi) is 8.73. The highest BCUT2D eigenvalue weighted by Crippen LogP contribution is 2.36. The van der Waals surface area contributed by atoms with Gasteiger partial charge in [-0.15, -0.1) is 11.3 Å². The van der Waals surface area contributed by atoms with Gasteiger partial charge in [0.1, 0.15) is 0 Å². The van der Waals surface area contributed by atoms with Crippen molar-refractivity contribution in [2.45, 2.75) is 82.8 Å². The van der Waals surface area contributed by atoms with Crippen LogP contribution in [0.5, 0.6) is 0 Å². The van der Waals surface area contributed by atoms with Crippen LogP contribution >= 0.6 is 11.3 Å². The van der Waals surface area contributed by atoms with Crippen molar-refractivity contribution < 1.29 is 9.59 Å². The molecule has 3 N–H and O–H groups in total. The number of nitrogens with one attached hydrogen (secondary N) is 1. The summed E-state index contributed by atoms with van der Waals surface area (Å²) < 4.78 is 0. The second-order valence-corrected chi connectivity index (χ2v) is 13.0. The second kappa shape index (κ2) is 12.8. The largest absolute Gasteiger partial charge is 0.370 e. The molecule has 0 atom stereocenters. The molecule has 0 radical (unpaired) electrons. The van der Waals surface area contributed by atoms with Gasteiger partial charge in [-0.05, 0) is 97.7 Å². The Balaban J connectivity index is 1.27. The van der Waals surface area contributed by atoms with Gasteiger partial charge in [0.25, 0.3) is 5.91 Å². The van der Waals surface area contributed by atoms with E-state index >= 15 is 0 Å². The Hall–Kier alpha value is -3.16. The summed E-state index contributed by atoms with van der Waals surface area (Å²) in [6.07, 6.45) is 10.7. The van der Waals surface area contributed by atoms with Gasteiger partial charge in [-0.2, -0.15) is 0 Å². The van der Waals surface area contributed by atoms with Crippen LogP contribution in [0, 0.1) is 5.92 Å². The van der Waals surface area contributed by atoms with Gasteiger partial charge in [-0.25, -0.2) is 0 Å². The third-order valence-electron chi connectivity index (χ3n) is 8.94. The van der Waals surface area contributed by atoms with E-state index in [9.17, 15) is 9.59 Å². The Morgan fingerprint density at radius 3 is 2.34 bits per heavy atom. The van der Waals surface area contributed by atoms with Gasteiger partial charge >= 0.3 is 0 Å². The quantitative estimate of drug-likeness (QED) is 0.304. The van der Waals surface area contributed by atoms with Gasteiger partial charge in [-0.1, -0.05) is 43.2 Å². The van der Waals surface area contributed by atoms with Crippen LogP contribution in [0.2, 0.25) is 0 Å². The number of hydrogen-bond donors (Lipinski definition) is 2. The fourth-order valence-corrected chi connectivity index (χ4v) is 7.03. The number of nitrogens with two attached hydrogens (primary N) is 1. The molecular formula is C34H42N4O2S. The predicted octanol–water partition coefficient (Wildman–Crippen LogP) is 7.06. The maximum absolute atomic E-state index is 13.6. The third kappa shape index (κ3) is 6.84. The first-order valence-corrected chi connectivity index (χ1v) is 16.3. The first-order valence-electron chi connectivity index (χ1n) is 15.4. The average molecular weight is 571 g/mol. The van der Waals surface area contributed by atoms with Crippen LogP contribution in [0.25, 0.3) is 11.1 Å². The minimum Gasteiger partial charge on any atom is -0.370 e. The molecule has 216 valence electrons. The highest BCUT2D eigenvalue weighted by Gasteiger charge is 2.31. The topological polar surface area (TPSA) is 78.7 Å². The van der Waals surface area contributed by atoms with E-state index in [4.69, 9.17) is 5.73 Å². The summed E-state index contributed by atoms with van der Waals surface area (Å²) in [6, 6.07) is 19.4. The van der Waals surface area contributed by atoms with Crippen LogP contribution in [0.3, 0.4) is 0 Å². The van der Waals surface area contributed by atoms with E-state index in [0.29, 0.717) is 6.54 Å². The van der Waals surface area contributed by atoms with Crippen molar-refractivity contribution in [1.82, 2.24) is 4.90 Å². The van der Waals surface area contributed by atoms with Crippen molar-refractivity contribution in [1.29, 1.82) is 0 Å². The van der Waals surface area contributed by atoms with E-state index < -0.39 is 0 Å². The molecule has 41 heavy (non-hydrogen) atoms. The molecular weight excluding hydrogens is 528 g/mol. The Morgan fingerprint density at radius 1 is 0.878 bits per heavy atom. The molecule has 6 nitrogen and oxygen atoms in total. The molecule has 2 saturated carbocycles. The fraction of sp³-hybridized carbons (Fsp3) is 0.471. The van der Waals surface area contributed by atoms with Crippen molar-refractivity contribution in [3.05, 3.63) is 70.4 Å². The van der Waals surface area contributed by atoms with Gasteiger partial charge in [-0.3, -0.25) is 9.59 Å². The summed E-state index contributed by atoms with van der Waals surface area (Å²) in [7, 11) is 0. The van der Waals surface area contributed by atoms with Crippen LogP contribution < -0.4 is 16.0 Å². The van der Waals surface area contributed by atoms with Gasteiger partial charge in [0.05, 0.1) is 16.3 Å². The Labute approximate surface area is 247 Å². The number of benzene rings is 2. The molecule has 0 spiro atoms. The lowest BCUT2D eigenvalue weighted by Crippen LogP contribution is -2.43. The smallest absolute Gasteiger partial charge is 0.264 e. The molecule has 3 aliphatic rings. The number of thiophene rings is 1. The summed E-state index contributed by atoms with van der Waals surface area (Å²) in [4.78, 5) is 31.8. The Morgan fingerprint density at radius 2 is 1.63 bits per heavy atom. The lowest BCUT2D eigenvalue weighted by Gasteiger charge is -2.36. The van der Waals surface area contributed by atoms with Crippen molar-refractivity contribution >= 4 is 34.5 Å². The fourth-order valence-electron chi connectivity index (χ4n) is 6.35. The molecule has 2 amide bonds. The third-order valence-corrected chi connectivity index (χ3v) is 9.80. The van der Waals surface area contributed by atoms with Gasteiger partial charge in [0.15, 0.2) is 0 Å². The van der Waals surface area contributed by atoms with Crippen molar-refractivity contribution in [2.24, 2.45) is 11.7 Å². The minimum atomic E-state index is 0.109. The van der Waals surface area contributed by atoms with Crippen LogP contribution in [0.15, 0.2) is 60.0 Å². The Bertz CT molecular complexity index is 1340. The van der Waals surface area contributed by atoms with E-state index in [-0.39, 0.29) is 29.8 Å². The molecule has 1 aliphatic heterocycles. The van der Waals surface area contributed by atoms with Crippen LogP contribution in [0.4, 0.5) is 11.4 Å². The average Bonchev–Trinajstić information content (AvgIpc) is 3.77. The highest BCUT2D eigenvalue weighted by atomic mass is 32.1. The van der Waals surface area contributed by atoms with Crippen molar-refractivity contribution in [3.63, 3.8) is 0 Å². The molecule has 1 aromatic heterocycles. The zero-order chi connectivity index (χ0) is 28.2. The molecule has 2 heterocycles. The molecule has 3 aromatic rings. The standard InChI is InChI=1S/C34H42N4O2S/c35-28-13-15-29(16-14-28)38(34(40)32-9-6-20-41-32)23-24-7-5-8-26(21-24)27-12-17-31(37-18-3-1-2-4-19-37)30(22-27)36-33(39)25-10-11-25/h5-9,12,17,20-22,25,28-29H,1-4,10-11,13-16,18-19,23,35H2,(H,36,39). The number of rotatable bonds is 8. The number of nitrogens with zero attached hydrogens (tertiary/aromatic N) is 2. The molecule has 0 unspecified atom stereocenters. The summed E-state index contributed by atoms with van der Waals surface area (Å²) in [5, 5.41) is 5.25. The van der Waals surface area contributed by atoms with Crippen LogP contribution in [-0.4, -0.2) is 41.9 Å². The first-order chi connectivity index (χ1) is 20.0. The maximum Gasteiger partial charge on any atom is 0.264 e. The molecule has 6 rings (SSSR count). The normalized spacial score (nSPS) is 21.2. The first kappa shape index (κ1) is 28.0. The number of hydrogen-bond acceptors (Lipinski definition) is 5. The van der Waals surface area contributed by atoms with Gasteiger partial charge in [0, 0.05) is 37.6 Å². The lowest BCUT2D eigenvalue weighted by molar-refractivity contribution is -0.117. The minimum absolute atomic E-state index is 0.109.